The third-order valence-electron chi connectivity index (χ3n) is 2.93. The van der Waals surface area contributed by atoms with Crippen LogP contribution in [0.1, 0.15) is 49.9 Å². The Bertz CT molecular complexity index is 357. The molecule has 0 aliphatic rings. The molecular weight excluding hydrogens is 228 g/mol. The lowest BCUT2D eigenvalue weighted by Gasteiger charge is -2.15. The molecule has 0 radical (unpaired) electrons. The summed E-state index contributed by atoms with van der Waals surface area (Å²) >= 11 is 0. The van der Waals surface area contributed by atoms with Crippen molar-refractivity contribution >= 4 is 5.97 Å². The molecule has 0 bridgehead atoms. The van der Waals surface area contributed by atoms with Crippen LogP contribution >= 0.6 is 0 Å². The summed E-state index contributed by atoms with van der Waals surface area (Å²) < 4.78 is 10.5. The minimum absolute atomic E-state index is 0.0274. The van der Waals surface area contributed by atoms with Gasteiger partial charge in [0.15, 0.2) is 0 Å². The fourth-order valence-electron chi connectivity index (χ4n) is 1.72. The number of methoxy groups -OCH3 is 1. The molecule has 1 atom stereocenters. The van der Waals surface area contributed by atoms with E-state index in [2.05, 4.69) is 6.92 Å². The molecule has 3 heteroatoms. The highest BCUT2D eigenvalue weighted by molar-refractivity contribution is 5.89. The van der Waals surface area contributed by atoms with E-state index >= 15 is 0 Å². The van der Waals surface area contributed by atoms with Crippen molar-refractivity contribution in [2.24, 2.45) is 0 Å². The largest absolute Gasteiger partial charge is 0.497 e. The highest BCUT2D eigenvalue weighted by atomic mass is 16.5. The van der Waals surface area contributed by atoms with E-state index in [4.69, 9.17) is 9.47 Å². The van der Waals surface area contributed by atoms with E-state index in [1.807, 2.05) is 6.92 Å². The molecule has 0 amide bonds. The molecule has 0 aliphatic carbocycles. The molecule has 1 aromatic rings. The van der Waals surface area contributed by atoms with Crippen molar-refractivity contribution < 1.29 is 14.3 Å². The standard InChI is InChI=1S/C15H22O3/c1-4-6-7-13(5-2)18-15(16)12-8-10-14(17-3)11-9-12/h8-11,13H,4-7H2,1-3H3/t13-/m0/s1. The van der Waals surface area contributed by atoms with E-state index in [1.54, 1.807) is 31.4 Å². The predicted molar refractivity (Wildman–Crippen MR) is 72.0 cm³/mol. The number of benzene rings is 1. The summed E-state index contributed by atoms with van der Waals surface area (Å²) in [6.07, 6.45) is 4.04. The van der Waals surface area contributed by atoms with Gasteiger partial charge in [-0.05, 0) is 37.1 Å². The first-order valence-corrected chi connectivity index (χ1v) is 6.56. The van der Waals surface area contributed by atoms with Gasteiger partial charge in [-0.1, -0.05) is 26.7 Å². The maximum absolute atomic E-state index is 11.9. The summed E-state index contributed by atoms with van der Waals surface area (Å²) in [5, 5.41) is 0. The summed E-state index contributed by atoms with van der Waals surface area (Å²) in [4.78, 5) is 11.9. The lowest BCUT2D eigenvalue weighted by molar-refractivity contribution is 0.0268. The van der Waals surface area contributed by atoms with E-state index in [0.29, 0.717) is 5.56 Å². The highest BCUT2D eigenvalue weighted by Gasteiger charge is 2.13. The van der Waals surface area contributed by atoms with Crippen molar-refractivity contribution in [3.8, 4) is 5.75 Å². The molecule has 1 aromatic carbocycles. The molecule has 0 spiro atoms. The van der Waals surface area contributed by atoms with Gasteiger partial charge in [-0.2, -0.15) is 0 Å². The molecular formula is C15H22O3. The minimum atomic E-state index is -0.249. The molecule has 0 unspecified atom stereocenters. The summed E-state index contributed by atoms with van der Waals surface area (Å²) in [6.45, 7) is 4.18. The van der Waals surface area contributed by atoms with Crippen LogP contribution in [0.3, 0.4) is 0 Å². The van der Waals surface area contributed by atoms with Crippen LogP contribution < -0.4 is 4.74 Å². The first-order valence-electron chi connectivity index (χ1n) is 6.56. The number of hydrogen-bond acceptors (Lipinski definition) is 3. The Labute approximate surface area is 109 Å². The normalized spacial score (nSPS) is 11.9. The maximum Gasteiger partial charge on any atom is 0.338 e. The smallest absolute Gasteiger partial charge is 0.338 e. The summed E-state index contributed by atoms with van der Waals surface area (Å²) in [6, 6.07) is 6.99. The molecule has 0 heterocycles. The Balaban J connectivity index is 2.56. The Hall–Kier alpha value is -1.51. The Morgan fingerprint density at radius 3 is 2.39 bits per heavy atom. The Morgan fingerprint density at radius 2 is 1.89 bits per heavy atom. The Morgan fingerprint density at radius 1 is 1.22 bits per heavy atom. The van der Waals surface area contributed by atoms with Gasteiger partial charge in [0.05, 0.1) is 12.7 Å². The van der Waals surface area contributed by atoms with Crippen molar-refractivity contribution in [2.45, 2.75) is 45.6 Å². The molecule has 0 N–H and O–H groups in total. The molecule has 18 heavy (non-hydrogen) atoms. The van der Waals surface area contributed by atoms with Gasteiger partial charge in [0, 0.05) is 0 Å². The van der Waals surface area contributed by atoms with Crippen LogP contribution in [-0.4, -0.2) is 19.2 Å². The van der Waals surface area contributed by atoms with E-state index in [1.165, 1.54) is 0 Å². The molecule has 1 rings (SSSR count). The summed E-state index contributed by atoms with van der Waals surface area (Å²) in [5.74, 6) is 0.491. The second-order valence-electron chi connectivity index (χ2n) is 4.31. The molecule has 0 aromatic heterocycles. The van der Waals surface area contributed by atoms with Crippen LogP contribution in [-0.2, 0) is 4.74 Å². The van der Waals surface area contributed by atoms with Crippen molar-refractivity contribution in [1.29, 1.82) is 0 Å². The van der Waals surface area contributed by atoms with Crippen LogP contribution in [0.2, 0.25) is 0 Å². The van der Waals surface area contributed by atoms with Gasteiger partial charge in [0.25, 0.3) is 0 Å². The van der Waals surface area contributed by atoms with Gasteiger partial charge in [-0.25, -0.2) is 4.79 Å². The topological polar surface area (TPSA) is 35.5 Å². The van der Waals surface area contributed by atoms with E-state index in [0.717, 1.165) is 31.4 Å². The zero-order chi connectivity index (χ0) is 13.4. The van der Waals surface area contributed by atoms with Crippen molar-refractivity contribution in [2.75, 3.05) is 7.11 Å². The quantitative estimate of drug-likeness (QED) is 0.690. The fourth-order valence-corrected chi connectivity index (χ4v) is 1.72. The number of unbranched alkanes of at least 4 members (excludes halogenated alkanes) is 1. The van der Waals surface area contributed by atoms with Gasteiger partial charge in [-0.15, -0.1) is 0 Å². The van der Waals surface area contributed by atoms with Crippen LogP contribution in [0.4, 0.5) is 0 Å². The van der Waals surface area contributed by atoms with E-state index in [-0.39, 0.29) is 12.1 Å². The van der Waals surface area contributed by atoms with Gasteiger partial charge in [0.2, 0.25) is 0 Å². The first-order chi connectivity index (χ1) is 8.71. The third-order valence-corrected chi connectivity index (χ3v) is 2.93. The van der Waals surface area contributed by atoms with Crippen LogP contribution in [0.15, 0.2) is 24.3 Å². The van der Waals surface area contributed by atoms with Crippen molar-refractivity contribution in [3.63, 3.8) is 0 Å². The fraction of sp³-hybridized carbons (Fsp3) is 0.533. The average Bonchev–Trinajstić information content (AvgIpc) is 2.43. The SMILES string of the molecule is CCCC[C@H](CC)OC(=O)c1ccc(OC)cc1. The average molecular weight is 250 g/mol. The predicted octanol–water partition coefficient (Wildman–Crippen LogP) is 3.82. The molecule has 3 nitrogen and oxygen atoms in total. The molecule has 0 saturated heterocycles. The van der Waals surface area contributed by atoms with Crippen LogP contribution in [0.25, 0.3) is 0 Å². The first kappa shape index (κ1) is 14.6. The second-order valence-corrected chi connectivity index (χ2v) is 4.31. The van der Waals surface area contributed by atoms with Crippen LogP contribution in [0.5, 0.6) is 5.75 Å². The minimum Gasteiger partial charge on any atom is -0.497 e. The lowest BCUT2D eigenvalue weighted by atomic mass is 10.1. The molecule has 0 fully saturated rings. The number of esters is 1. The summed E-state index contributed by atoms with van der Waals surface area (Å²) in [7, 11) is 1.60. The van der Waals surface area contributed by atoms with Gasteiger partial charge < -0.3 is 9.47 Å². The molecule has 0 saturated carbocycles. The van der Waals surface area contributed by atoms with Gasteiger partial charge in [-0.3, -0.25) is 0 Å². The zero-order valence-electron chi connectivity index (χ0n) is 11.4. The number of rotatable bonds is 7. The molecule has 0 aliphatic heterocycles. The van der Waals surface area contributed by atoms with E-state index in [9.17, 15) is 4.79 Å². The van der Waals surface area contributed by atoms with Crippen molar-refractivity contribution in [1.82, 2.24) is 0 Å². The maximum atomic E-state index is 11.9. The lowest BCUT2D eigenvalue weighted by Crippen LogP contribution is -2.17. The second kappa shape index (κ2) is 7.75. The zero-order valence-corrected chi connectivity index (χ0v) is 11.4. The third kappa shape index (κ3) is 4.40. The van der Waals surface area contributed by atoms with Crippen LogP contribution in [0, 0.1) is 0 Å². The summed E-state index contributed by atoms with van der Waals surface area (Å²) in [5.41, 5.74) is 0.575. The Kier molecular flexibility index (Phi) is 6.26. The molecule has 100 valence electrons. The number of carbonyl (C=O) groups excluding carboxylic acids is 1. The number of ether oxygens (including phenoxy) is 2. The monoisotopic (exact) mass is 250 g/mol. The highest BCUT2D eigenvalue weighted by Crippen LogP contribution is 2.15. The number of hydrogen-bond donors (Lipinski definition) is 0. The number of carbonyl (C=O) groups is 1. The van der Waals surface area contributed by atoms with Crippen molar-refractivity contribution in [3.05, 3.63) is 29.8 Å². The van der Waals surface area contributed by atoms with Gasteiger partial charge >= 0.3 is 5.97 Å². The van der Waals surface area contributed by atoms with E-state index < -0.39 is 0 Å². The van der Waals surface area contributed by atoms with Gasteiger partial charge in [0.1, 0.15) is 11.9 Å².